The number of piperidine rings is 1. The number of aromatic nitrogens is 2. The van der Waals surface area contributed by atoms with Crippen molar-refractivity contribution in [3.05, 3.63) is 42.2 Å². The summed E-state index contributed by atoms with van der Waals surface area (Å²) >= 11 is 0. The average molecular weight is 270 g/mol. The van der Waals surface area contributed by atoms with Gasteiger partial charge in [-0.2, -0.15) is 5.10 Å². The second kappa shape index (κ2) is 5.88. The average Bonchev–Trinajstić information content (AvgIpc) is 3.03. The standard InChI is InChI=1S/C15H18N4O/c20-15(19-14-4-6-16-7-5-14)12-3-1-2-11(8-12)13-9-17-18-10-13/h1-3,8-10,14,16H,4-7H2,(H,17,18)(H,19,20). The summed E-state index contributed by atoms with van der Waals surface area (Å²) in [4.78, 5) is 12.3. The summed E-state index contributed by atoms with van der Waals surface area (Å²) in [7, 11) is 0. The second-order valence-corrected chi connectivity index (χ2v) is 5.07. The van der Waals surface area contributed by atoms with Crippen LogP contribution in [0.1, 0.15) is 23.2 Å². The zero-order valence-electron chi connectivity index (χ0n) is 11.2. The zero-order valence-corrected chi connectivity index (χ0v) is 11.2. The maximum atomic E-state index is 12.3. The summed E-state index contributed by atoms with van der Waals surface area (Å²) in [6.45, 7) is 1.94. The molecule has 20 heavy (non-hydrogen) atoms. The molecule has 0 atom stereocenters. The first-order chi connectivity index (χ1) is 9.83. The Morgan fingerprint density at radius 2 is 2.10 bits per heavy atom. The van der Waals surface area contributed by atoms with Gasteiger partial charge in [-0.1, -0.05) is 12.1 Å². The van der Waals surface area contributed by atoms with E-state index in [0.717, 1.165) is 37.1 Å². The minimum Gasteiger partial charge on any atom is -0.349 e. The van der Waals surface area contributed by atoms with Gasteiger partial charge in [-0.3, -0.25) is 9.89 Å². The third-order valence-corrected chi connectivity index (χ3v) is 3.63. The van der Waals surface area contributed by atoms with E-state index in [9.17, 15) is 4.79 Å². The summed E-state index contributed by atoms with van der Waals surface area (Å²) in [5, 5.41) is 13.1. The van der Waals surface area contributed by atoms with Crippen LogP contribution in [0, 0.1) is 0 Å². The van der Waals surface area contributed by atoms with Gasteiger partial charge in [0.05, 0.1) is 6.20 Å². The molecule has 0 radical (unpaired) electrons. The van der Waals surface area contributed by atoms with E-state index < -0.39 is 0 Å². The van der Waals surface area contributed by atoms with Crippen LogP contribution in [-0.4, -0.2) is 35.2 Å². The Hall–Kier alpha value is -2.14. The van der Waals surface area contributed by atoms with Crippen LogP contribution in [-0.2, 0) is 0 Å². The lowest BCUT2D eigenvalue weighted by molar-refractivity contribution is 0.0929. The van der Waals surface area contributed by atoms with Crippen LogP contribution in [0.3, 0.4) is 0 Å². The highest BCUT2D eigenvalue weighted by molar-refractivity contribution is 5.95. The molecule has 3 rings (SSSR count). The van der Waals surface area contributed by atoms with Crippen molar-refractivity contribution < 1.29 is 4.79 Å². The molecule has 1 aromatic heterocycles. The van der Waals surface area contributed by atoms with Crippen molar-refractivity contribution in [2.45, 2.75) is 18.9 Å². The summed E-state index contributed by atoms with van der Waals surface area (Å²) in [5.74, 6) is 0.00208. The topological polar surface area (TPSA) is 69.8 Å². The van der Waals surface area contributed by atoms with Gasteiger partial charge in [-0.15, -0.1) is 0 Å². The summed E-state index contributed by atoms with van der Waals surface area (Å²) < 4.78 is 0. The molecule has 104 valence electrons. The van der Waals surface area contributed by atoms with Crippen LogP contribution in [0.4, 0.5) is 0 Å². The van der Waals surface area contributed by atoms with Crippen LogP contribution < -0.4 is 10.6 Å². The number of hydrogen-bond acceptors (Lipinski definition) is 3. The number of benzene rings is 1. The van der Waals surface area contributed by atoms with Gasteiger partial charge in [0.15, 0.2) is 0 Å². The van der Waals surface area contributed by atoms with E-state index in [4.69, 9.17) is 0 Å². The number of amides is 1. The first kappa shape index (κ1) is 12.9. The SMILES string of the molecule is O=C(NC1CCNCC1)c1cccc(-c2cn[nH]c2)c1. The monoisotopic (exact) mass is 270 g/mol. The normalized spacial score (nSPS) is 16.0. The number of carbonyl (C=O) groups is 1. The van der Waals surface area contributed by atoms with Crippen LogP contribution in [0.25, 0.3) is 11.1 Å². The number of nitrogens with zero attached hydrogens (tertiary/aromatic N) is 1. The fraction of sp³-hybridized carbons (Fsp3) is 0.333. The molecule has 1 amide bonds. The molecule has 1 aliphatic rings. The van der Waals surface area contributed by atoms with E-state index >= 15 is 0 Å². The summed E-state index contributed by atoms with van der Waals surface area (Å²) in [6.07, 6.45) is 5.56. The molecule has 2 heterocycles. The second-order valence-electron chi connectivity index (χ2n) is 5.07. The first-order valence-electron chi connectivity index (χ1n) is 6.94. The van der Waals surface area contributed by atoms with Crippen molar-refractivity contribution in [1.29, 1.82) is 0 Å². The molecule has 5 nitrogen and oxygen atoms in total. The Bertz CT molecular complexity index is 573. The van der Waals surface area contributed by atoms with Crippen molar-refractivity contribution in [3.63, 3.8) is 0 Å². The molecule has 0 saturated carbocycles. The number of nitrogens with one attached hydrogen (secondary N) is 3. The van der Waals surface area contributed by atoms with Crippen molar-refractivity contribution in [3.8, 4) is 11.1 Å². The van der Waals surface area contributed by atoms with Crippen molar-refractivity contribution in [2.75, 3.05) is 13.1 Å². The first-order valence-corrected chi connectivity index (χ1v) is 6.94. The van der Waals surface area contributed by atoms with Crippen molar-refractivity contribution in [2.24, 2.45) is 0 Å². The lowest BCUT2D eigenvalue weighted by Crippen LogP contribution is -2.42. The number of hydrogen-bond donors (Lipinski definition) is 3. The molecule has 0 aliphatic carbocycles. The van der Waals surface area contributed by atoms with Gasteiger partial charge in [0, 0.05) is 23.4 Å². The van der Waals surface area contributed by atoms with Crippen LogP contribution >= 0.6 is 0 Å². The van der Waals surface area contributed by atoms with E-state index in [1.807, 2.05) is 30.5 Å². The quantitative estimate of drug-likeness (QED) is 0.792. The largest absolute Gasteiger partial charge is 0.349 e. The Labute approximate surface area is 117 Å². The fourth-order valence-corrected chi connectivity index (χ4v) is 2.48. The molecule has 0 bridgehead atoms. The molecule has 1 fully saturated rings. The number of H-pyrrole nitrogens is 1. The van der Waals surface area contributed by atoms with Gasteiger partial charge in [-0.05, 0) is 43.6 Å². The number of carbonyl (C=O) groups excluding carboxylic acids is 1. The van der Waals surface area contributed by atoms with Gasteiger partial charge in [0.1, 0.15) is 0 Å². The molecule has 2 aromatic rings. The Morgan fingerprint density at radius 3 is 2.85 bits per heavy atom. The number of rotatable bonds is 3. The smallest absolute Gasteiger partial charge is 0.251 e. The van der Waals surface area contributed by atoms with Gasteiger partial charge >= 0.3 is 0 Å². The van der Waals surface area contributed by atoms with Gasteiger partial charge < -0.3 is 10.6 Å². The highest BCUT2D eigenvalue weighted by Gasteiger charge is 2.16. The van der Waals surface area contributed by atoms with Gasteiger partial charge in [0.25, 0.3) is 5.91 Å². The summed E-state index contributed by atoms with van der Waals surface area (Å²) in [6, 6.07) is 7.91. The van der Waals surface area contributed by atoms with Crippen LogP contribution in [0.15, 0.2) is 36.7 Å². The molecule has 0 unspecified atom stereocenters. The van der Waals surface area contributed by atoms with E-state index in [0.29, 0.717) is 5.56 Å². The van der Waals surface area contributed by atoms with E-state index in [2.05, 4.69) is 20.8 Å². The third kappa shape index (κ3) is 2.88. The third-order valence-electron chi connectivity index (χ3n) is 3.63. The predicted octanol–water partition coefficient (Wildman–Crippen LogP) is 1.56. The van der Waals surface area contributed by atoms with Crippen molar-refractivity contribution >= 4 is 5.91 Å². The molecular weight excluding hydrogens is 252 g/mol. The lowest BCUT2D eigenvalue weighted by Gasteiger charge is -2.23. The van der Waals surface area contributed by atoms with Gasteiger partial charge in [-0.25, -0.2) is 0 Å². The zero-order chi connectivity index (χ0) is 13.8. The van der Waals surface area contributed by atoms with Crippen LogP contribution in [0.2, 0.25) is 0 Å². The molecule has 1 aromatic carbocycles. The highest BCUT2D eigenvalue weighted by Crippen LogP contribution is 2.19. The van der Waals surface area contributed by atoms with Gasteiger partial charge in [0.2, 0.25) is 0 Å². The minimum absolute atomic E-state index is 0.00208. The van der Waals surface area contributed by atoms with E-state index in [-0.39, 0.29) is 11.9 Å². The molecule has 0 spiro atoms. The van der Waals surface area contributed by atoms with Crippen LogP contribution in [0.5, 0.6) is 0 Å². The minimum atomic E-state index is 0.00208. The van der Waals surface area contributed by atoms with Crippen molar-refractivity contribution in [1.82, 2.24) is 20.8 Å². The van der Waals surface area contributed by atoms with E-state index in [1.54, 1.807) is 6.20 Å². The molecule has 3 N–H and O–H groups in total. The predicted molar refractivity (Wildman–Crippen MR) is 77.4 cm³/mol. The molecular formula is C15H18N4O. The maximum absolute atomic E-state index is 12.3. The summed E-state index contributed by atoms with van der Waals surface area (Å²) in [5.41, 5.74) is 2.68. The fourth-order valence-electron chi connectivity index (χ4n) is 2.48. The highest BCUT2D eigenvalue weighted by atomic mass is 16.1. The Morgan fingerprint density at radius 1 is 1.25 bits per heavy atom. The molecule has 1 aliphatic heterocycles. The number of aromatic amines is 1. The molecule has 1 saturated heterocycles. The maximum Gasteiger partial charge on any atom is 0.251 e. The Balaban J connectivity index is 1.73. The molecule has 5 heteroatoms. The Kier molecular flexibility index (Phi) is 3.78. The lowest BCUT2D eigenvalue weighted by atomic mass is 10.0. The van der Waals surface area contributed by atoms with E-state index in [1.165, 1.54) is 0 Å².